The van der Waals surface area contributed by atoms with Gasteiger partial charge in [-0.05, 0) is 19.4 Å². The third-order valence-electron chi connectivity index (χ3n) is 3.33. The number of nitrogens with zero attached hydrogens (tertiary/aromatic N) is 2. The van der Waals surface area contributed by atoms with Crippen LogP contribution < -0.4 is 0 Å². The lowest BCUT2D eigenvalue weighted by atomic mass is 9.93. The Morgan fingerprint density at radius 1 is 1.40 bits per heavy atom. The summed E-state index contributed by atoms with van der Waals surface area (Å²) in [4.78, 5) is 2.51. The minimum atomic E-state index is 0.477. The van der Waals surface area contributed by atoms with E-state index in [0.717, 1.165) is 31.6 Å². The van der Waals surface area contributed by atoms with Crippen LogP contribution in [-0.4, -0.2) is 35.5 Å². The topological polar surface area (TPSA) is 35.8 Å². The molecule has 1 rings (SSSR count). The first-order chi connectivity index (χ1) is 7.31. The van der Waals surface area contributed by atoms with Gasteiger partial charge < -0.3 is 10.1 Å². The predicted molar refractivity (Wildman–Crippen MR) is 63.6 cm³/mol. The van der Waals surface area contributed by atoms with Gasteiger partial charge in [-0.2, -0.15) is 0 Å². The third kappa shape index (κ3) is 3.82. The third-order valence-corrected chi connectivity index (χ3v) is 3.33. The molecule has 1 N–H and O–H groups in total. The maximum atomic E-state index is 8.86. The summed E-state index contributed by atoms with van der Waals surface area (Å²) >= 11 is 0. The van der Waals surface area contributed by atoms with Crippen molar-refractivity contribution in [2.45, 2.75) is 46.0 Å². The van der Waals surface area contributed by atoms with Crippen molar-refractivity contribution in [1.29, 1.82) is 0 Å². The van der Waals surface area contributed by atoms with Gasteiger partial charge >= 0.3 is 0 Å². The van der Waals surface area contributed by atoms with E-state index in [1.54, 1.807) is 0 Å². The minimum Gasteiger partial charge on any atom is -0.411 e. The van der Waals surface area contributed by atoms with Gasteiger partial charge in [-0.15, -0.1) is 0 Å². The zero-order valence-electron chi connectivity index (χ0n) is 10.1. The number of unbranched alkanes of at least 4 members (excludes halogenated alkanes) is 2. The molecule has 0 aliphatic carbocycles. The van der Waals surface area contributed by atoms with E-state index in [0.29, 0.717) is 5.92 Å². The molecule has 0 spiro atoms. The van der Waals surface area contributed by atoms with Gasteiger partial charge in [0.2, 0.25) is 0 Å². The van der Waals surface area contributed by atoms with Crippen molar-refractivity contribution in [3.63, 3.8) is 0 Å². The monoisotopic (exact) mass is 212 g/mol. The lowest BCUT2D eigenvalue weighted by Gasteiger charge is -2.32. The number of piperidine rings is 1. The maximum absolute atomic E-state index is 8.86. The SMILES string of the molecule is CCCCCN1CCC(=NO)C(CC)C1. The summed E-state index contributed by atoms with van der Waals surface area (Å²) < 4.78 is 0. The number of hydrogen-bond donors (Lipinski definition) is 1. The summed E-state index contributed by atoms with van der Waals surface area (Å²) in [6.45, 7) is 7.77. The summed E-state index contributed by atoms with van der Waals surface area (Å²) in [6, 6.07) is 0. The molecule has 0 aromatic heterocycles. The second kappa shape index (κ2) is 6.83. The van der Waals surface area contributed by atoms with Gasteiger partial charge in [0.25, 0.3) is 0 Å². The number of oxime groups is 1. The Kier molecular flexibility index (Phi) is 5.69. The van der Waals surface area contributed by atoms with Gasteiger partial charge in [0.05, 0.1) is 5.71 Å². The summed E-state index contributed by atoms with van der Waals surface area (Å²) in [5.74, 6) is 0.477. The Hall–Kier alpha value is -0.570. The highest BCUT2D eigenvalue weighted by atomic mass is 16.4. The van der Waals surface area contributed by atoms with Crippen LogP contribution in [0.4, 0.5) is 0 Å². The second-order valence-electron chi connectivity index (χ2n) is 4.45. The van der Waals surface area contributed by atoms with Crippen LogP contribution in [0.3, 0.4) is 0 Å². The van der Waals surface area contributed by atoms with Crippen molar-refractivity contribution in [1.82, 2.24) is 4.90 Å². The van der Waals surface area contributed by atoms with Crippen LogP contribution in [0.5, 0.6) is 0 Å². The number of likely N-dealkylation sites (tertiary alicyclic amines) is 1. The Labute approximate surface area is 93.2 Å². The largest absolute Gasteiger partial charge is 0.411 e. The molecule has 0 aromatic rings. The highest BCUT2D eigenvalue weighted by Crippen LogP contribution is 2.17. The van der Waals surface area contributed by atoms with E-state index in [4.69, 9.17) is 5.21 Å². The van der Waals surface area contributed by atoms with Gasteiger partial charge in [-0.1, -0.05) is 31.8 Å². The summed E-state index contributed by atoms with van der Waals surface area (Å²) in [7, 11) is 0. The first-order valence-corrected chi connectivity index (χ1v) is 6.25. The summed E-state index contributed by atoms with van der Waals surface area (Å²) in [6.07, 6.45) is 5.95. The fourth-order valence-electron chi connectivity index (χ4n) is 2.27. The molecule has 1 aliphatic rings. The first kappa shape index (κ1) is 12.5. The van der Waals surface area contributed by atoms with Crippen LogP contribution in [0.1, 0.15) is 46.0 Å². The molecule has 0 radical (unpaired) electrons. The molecule has 1 saturated heterocycles. The normalized spacial score (nSPS) is 26.0. The number of rotatable bonds is 5. The zero-order chi connectivity index (χ0) is 11.1. The molecule has 1 atom stereocenters. The van der Waals surface area contributed by atoms with Crippen LogP contribution in [0.25, 0.3) is 0 Å². The fourth-order valence-corrected chi connectivity index (χ4v) is 2.27. The van der Waals surface area contributed by atoms with Crippen molar-refractivity contribution in [3.8, 4) is 0 Å². The molecular formula is C12H24N2O. The minimum absolute atomic E-state index is 0.477. The van der Waals surface area contributed by atoms with Crippen LogP contribution in [0.15, 0.2) is 5.16 Å². The zero-order valence-corrected chi connectivity index (χ0v) is 10.1. The number of hydrogen-bond acceptors (Lipinski definition) is 3. The molecule has 15 heavy (non-hydrogen) atoms. The average Bonchev–Trinajstić information content (AvgIpc) is 2.29. The molecule has 0 saturated carbocycles. The van der Waals surface area contributed by atoms with E-state index in [1.807, 2.05) is 0 Å². The fraction of sp³-hybridized carbons (Fsp3) is 0.917. The van der Waals surface area contributed by atoms with Crippen LogP contribution in [0.2, 0.25) is 0 Å². The van der Waals surface area contributed by atoms with Crippen molar-refractivity contribution in [2.75, 3.05) is 19.6 Å². The van der Waals surface area contributed by atoms with E-state index >= 15 is 0 Å². The molecule has 3 heteroatoms. The van der Waals surface area contributed by atoms with Crippen molar-refractivity contribution >= 4 is 5.71 Å². The Morgan fingerprint density at radius 2 is 2.20 bits per heavy atom. The van der Waals surface area contributed by atoms with Gasteiger partial charge in [-0.25, -0.2) is 0 Å². The van der Waals surface area contributed by atoms with E-state index in [-0.39, 0.29) is 0 Å². The molecular weight excluding hydrogens is 188 g/mol. The molecule has 0 bridgehead atoms. The highest BCUT2D eigenvalue weighted by molar-refractivity contribution is 5.87. The van der Waals surface area contributed by atoms with Crippen LogP contribution in [-0.2, 0) is 0 Å². The molecule has 1 aliphatic heterocycles. The van der Waals surface area contributed by atoms with Gasteiger partial charge in [0.15, 0.2) is 0 Å². The standard InChI is InChI=1S/C12H24N2O/c1-3-5-6-8-14-9-7-12(13-15)11(4-2)10-14/h11,15H,3-10H2,1-2H3. The van der Waals surface area contributed by atoms with Crippen molar-refractivity contribution < 1.29 is 5.21 Å². The van der Waals surface area contributed by atoms with Gasteiger partial charge in [0, 0.05) is 25.4 Å². The maximum Gasteiger partial charge on any atom is 0.0627 e. The summed E-state index contributed by atoms with van der Waals surface area (Å²) in [5, 5.41) is 12.3. The Morgan fingerprint density at radius 3 is 2.80 bits per heavy atom. The molecule has 0 aromatic carbocycles. The van der Waals surface area contributed by atoms with Gasteiger partial charge in [0.1, 0.15) is 0 Å². The van der Waals surface area contributed by atoms with E-state index < -0.39 is 0 Å². The van der Waals surface area contributed by atoms with Crippen LogP contribution in [0, 0.1) is 5.92 Å². The molecule has 1 fully saturated rings. The van der Waals surface area contributed by atoms with E-state index in [9.17, 15) is 0 Å². The van der Waals surface area contributed by atoms with E-state index in [2.05, 4.69) is 23.9 Å². The molecule has 1 heterocycles. The highest BCUT2D eigenvalue weighted by Gasteiger charge is 2.23. The smallest absolute Gasteiger partial charge is 0.0627 e. The molecule has 3 nitrogen and oxygen atoms in total. The second-order valence-corrected chi connectivity index (χ2v) is 4.45. The molecule has 1 unspecified atom stereocenters. The van der Waals surface area contributed by atoms with Gasteiger partial charge in [-0.3, -0.25) is 0 Å². The van der Waals surface area contributed by atoms with E-state index in [1.165, 1.54) is 25.8 Å². The lowest BCUT2D eigenvalue weighted by Crippen LogP contribution is -2.41. The first-order valence-electron chi connectivity index (χ1n) is 6.25. The van der Waals surface area contributed by atoms with Crippen molar-refractivity contribution in [3.05, 3.63) is 0 Å². The summed E-state index contributed by atoms with van der Waals surface area (Å²) in [5.41, 5.74) is 1.00. The Balaban J connectivity index is 2.32. The Bertz CT molecular complexity index is 204. The average molecular weight is 212 g/mol. The lowest BCUT2D eigenvalue weighted by molar-refractivity contribution is 0.224. The predicted octanol–water partition coefficient (Wildman–Crippen LogP) is 2.74. The van der Waals surface area contributed by atoms with Crippen LogP contribution >= 0.6 is 0 Å². The van der Waals surface area contributed by atoms with Crippen molar-refractivity contribution in [2.24, 2.45) is 11.1 Å². The molecule has 88 valence electrons. The quantitative estimate of drug-likeness (QED) is 0.432. The molecule has 0 amide bonds.